The maximum atomic E-state index is 11.8. The SMILES string of the molecule is CCC(N)C(COC)(CC(=O)OC)c1ccccc1. The van der Waals surface area contributed by atoms with Crippen molar-refractivity contribution in [2.24, 2.45) is 5.73 Å². The van der Waals surface area contributed by atoms with Crippen LogP contribution in [0.3, 0.4) is 0 Å². The molecule has 1 aromatic carbocycles. The zero-order valence-corrected chi connectivity index (χ0v) is 11.9. The highest BCUT2D eigenvalue weighted by Crippen LogP contribution is 2.33. The molecule has 0 fully saturated rings. The van der Waals surface area contributed by atoms with Gasteiger partial charge >= 0.3 is 5.97 Å². The summed E-state index contributed by atoms with van der Waals surface area (Å²) in [4.78, 5) is 11.8. The van der Waals surface area contributed by atoms with Gasteiger partial charge in [-0.2, -0.15) is 0 Å². The third-order valence-electron chi connectivity index (χ3n) is 3.59. The zero-order chi connectivity index (χ0) is 14.3. The smallest absolute Gasteiger partial charge is 0.306 e. The molecule has 2 N–H and O–H groups in total. The van der Waals surface area contributed by atoms with Crippen LogP contribution in [0.2, 0.25) is 0 Å². The van der Waals surface area contributed by atoms with Gasteiger partial charge in [0.2, 0.25) is 0 Å². The fourth-order valence-electron chi connectivity index (χ4n) is 2.44. The van der Waals surface area contributed by atoms with Gasteiger partial charge in [-0.05, 0) is 12.0 Å². The standard InChI is InChI=1S/C15H23NO3/c1-4-13(16)15(11-18-2,10-14(17)19-3)12-8-6-5-7-9-12/h5-9,13H,4,10-11,16H2,1-3H3. The number of methoxy groups -OCH3 is 2. The van der Waals surface area contributed by atoms with Gasteiger partial charge in [-0.1, -0.05) is 37.3 Å². The Hall–Kier alpha value is -1.39. The van der Waals surface area contributed by atoms with E-state index in [0.29, 0.717) is 6.61 Å². The Morgan fingerprint density at radius 3 is 2.42 bits per heavy atom. The Labute approximate surface area is 114 Å². The van der Waals surface area contributed by atoms with Crippen LogP contribution in [0.25, 0.3) is 0 Å². The number of ether oxygens (including phenoxy) is 2. The summed E-state index contributed by atoms with van der Waals surface area (Å²) >= 11 is 0. The molecule has 0 radical (unpaired) electrons. The summed E-state index contributed by atoms with van der Waals surface area (Å²) in [6.07, 6.45) is 0.978. The molecule has 106 valence electrons. The average molecular weight is 265 g/mol. The van der Waals surface area contributed by atoms with Gasteiger partial charge < -0.3 is 15.2 Å². The van der Waals surface area contributed by atoms with Crippen molar-refractivity contribution < 1.29 is 14.3 Å². The van der Waals surface area contributed by atoms with Gasteiger partial charge in [0.1, 0.15) is 0 Å². The summed E-state index contributed by atoms with van der Waals surface area (Å²) in [6.45, 7) is 2.40. The van der Waals surface area contributed by atoms with Crippen LogP contribution < -0.4 is 5.73 Å². The second-order valence-corrected chi connectivity index (χ2v) is 4.72. The normalized spacial score (nSPS) is 15.6. The van der Waals surface area contributed by atoms with Crippen molar-refractivity contribution in [3.05, 3.63) is 35.9 Å². The monoisotopic (exact) mass is 265 g/mol. The lowest BCUT2D eigenvalue weighted by atomic mass is 9.71. The number of rotatable bonds is 7. The number of hydrogen-bond donors (Lipinski definition) is 1. The van der Waals surface area contributed by atoms with Gasteiger partial charge in [0.25, 0.3) is 0 Å². The van der Waals surface area contributed by atoms with Crippen LogP contribution in [0.4, 0.5) is 0 Å². The summed E-state index contributed by atoms with van der Waals surface area (Å²) in [6, 6.07) is 9.62. The molecule has 4 nitrogen and oxygen atoms in total. The molecule has 2 atom stereocenters. The van der Waals surface area contributed by atoms with E-state index in [2.05, 4.69) is 0 Å². The average Bonchev–Trinajstić information content (AvgIpc) is 2.46. The van der Waals surface area contributed by atoms with E-state index in [1.54, 1.807) is 7.11 Å². The molecular weight excluding hydrogens is 242 g/mol. The minimum atomic E-state index is -0.544. The molecule has 0 aliphatic carbocycles. The first-order chi connectivity index (χ1) is 9.10. The van der Waals surface area contributed by atoms with E-state index in [1.807, 2.05) is 37.3 Å². The fourth-order valence-corrected chi connectivity index (χ4v) is 2.44. The molecule has 0 aliphatic heterocycles. The summed E-state index contributed by atoms with van der Waals surface area (Å²) in [5.74, 6) is -0.273. The van der Waals surface area contributed by atoms with Gasteiger partial charge in [-0.3, -0.25) is 4.79 Å². The lowest BCUT2D eigenvalue weighted by molar-refractivity contribution is -0.143. The Morgan fingerprint density at radius 1 is 1.32 bits per heavy atom. The van der Waals surface area contributed by atoms with E-state index in [0.717, 1.165) is 12.0 Å². The van der Waals surface area contributed by atoms with Crippen LogP contribution in [-0.4, -0.2) is 32.8 Å². The molecule has 1 aromatic rings. The number of carbonyl (C=O) groups excluding carboxylic acids is 1. The highest BCUT2D eigenvalue weighted by molar-refractivity contribution is 5.71. The third-order valence-corrected chi connectivity index (χ3v) is 3.59. The van der Waals surface area contributed by atoms with Gasteiger partial charge in [-0.25, -0.2) is 0 Å². The first-order valence-corrected chi connectivity index (χ1v) is 6.47. The Kier molecular flexibility index (Phi) is 5.99. The van der Waals surface area contributed by atoms with E-state index >= 15 is 0 Å². The molecule has 0 aliphatic rings. The first kappa shape index (κ1) is 15.7. The molecule has 1 rings (SSSR count). The topological polar surface area (TPSA) is 61.5 Å². The molecule has 0 heterocycles. The van der Waals surface area contributed by atoms with Gasteiger partial charge in [-0.15, -0.1) is 0 Å². The molecule has 0 bridgehead atoms. The Bertz CT molecular complexity index is 394. The summed E-state index contributed by atoms with van der Waals surface area (Å²) in [5.41, 5.74) is 6.75. The number of benzene rings is 1. The number of carbonyl (C=O) groups is 1. The first-order valence-electron chi connectivity index (χ1n) is 6.47. The third kappa shape index (κ3) is 3.55. The number of esters is 1. The minimum absolute atomic E-state index is 0.172. The predicted octanol–water partition coefficient (Wildman–Crippen LogP) is 1.87. The van der Waals surface area contributed by atoms with Crippen molar-refractivity contribution >= 4 is 5.97 Å². The second kappa shape index (κ2) is 7.26. The van der Waals surface area contributed by atoms with E-state index in [-0.39, 0.29) is 18.4 Å². The van der Waals surface area contributed by atoms with E-state index in [9.17, 15) is 4.79 Å². The molecule has 4 heteroatoms. The van der Waals surface area contributed by atoms with Crippen molar-refractivity contribution in [1.82, 2.24) is 0 Å². The Balaban J connectivity index is 3.22. The molecule has 0 saturated carbocycles. The quantitative estimate of drug-likeness (QED) is 0.765. The predicted molar refractivity (Wildman–Crippen MR) is 74.9 cm³/mol. The van der Waals surface area contributed by atoms with Crippen molar-refractivity contribution in [3.8, 4) is 0 Å². The second-order valence-electron chi connectivity index (χ2n) is 4.72. The number of nitrogens with two attached hydrogens (primary N) is 1. The molecule has 2 unspecified atom stereocenters. The lowest BCUT2D eigenvalue weighted by Crippen LogP contribution is -2.50. The van der Waals surface area contributed by atoms with Crippen LogP contribution in [-0.2, 0) is 19.7 Å². The molecule has 19 heavy (non-hydrogen) atoms. The summed E-state index contributed by atoms with van der Waals surface area (Å²) in [7, 11) is 3.01. The molecule has 0 saturated heterocycles. The largest absolute Gasteiger partial charge is 0.469 e. The summed E-state index contributed by atoms with van der Waals surface area (Å²) in [5, 5.41) is 0. The van der Waals surface area contributed by atoms with E-state index in [4.69, 9.17) is 15.2 Å². The fraction of sp³-hybridized carbons (Fsp3) is 0.533. The van der Waals surface area contributed by atoms with Crippen LogP contribution in [0.15, 0.2) is 30.3 Å². The van der Waals surface area contributed by atoms with E-state index < -0.39 is 5.41 Å². The van der Waals surface area contributed by atoms with Gasteiger partial charge in [0, 0.05) is 18.6 Å². The molecule has 0 amide bonds. The van der Waals surface area contributed by atoms with Crippen molar-refractivity contribution in [3.63, 3.8) is 0 Å². The zero-order valence-electron chi connectivity index (χ0n) is 11.9. The number of hydrogen-bond acceptors (Lipinski definition) is 4. The van der Waals surface area contributed by atoms with Crippen molar-refractivity contribution in [2.75, 3.05) is 20.8 Å². The van der Waals surface area contributed by atoms with E-state index in [1.165, 1.54) is 7.11 Å². The Morgan fingerprint density at radius 2 is 1.95 bits per heavy atom. The molecule has 0 spiro atoms. The van der Waals surface area contributed by atoms with Crippen molar-refractivity contribution in [2.45, 2.75) is 31.2 Å². The van der Waals surface area contributed by atoms with Crippen LogP contribution in [0.1, 0.15) is 25.3 Å². The van der Waals surface area contributed by atoms with Crippen LogP contribution in [0.5, 0.6) is 0 Å². The lowest BCUT2D eigenvalue weighted by Gasteiger charge is -2.37. The maximum Gasteiger partial charge on any atom is 0.306 e. The minimum Gasteiger partial charge on any atom is -0.469 e. The highest BCUT2D eigenvalue weighted by Gasteiger charge is 2.40. The summed E-state index contributed by atoms with van der Waals surface area (Å²) < 4.78 is 10.2. The highest BCUT2D eigenvalue weighted by atomic mass is 16.5. The maximum absolute atomic E-state index is 11.8. The van der Waals surface area contributed by atoms with Crippen LogP contribution in [0, 0.1) is 0 Å². The molecule has 0 aromatic heterocycles. The van der Waals surface area contributed by atoms with Gasteiger partial charge in [0.15, 0.2) is 0 Å². The van der Waals surface area contributed by atoms with Crippen molar-refractivity contribution in [1.29, 1.82) is 0 Å². The van der Waals surface area contributed by atoms with Crippen LogP contribution >= 0.6 is 0 Å². The van der Waals surface area contributed by atoms with Gasteiger partial charge in [0.05, 0.1) is 20.1 Å². The molecular formula is C15H23NO3.